The van der Waals surface area contributed by atoms with Crippen LogP contribution in [0.25, 0.3) is 0 Å². The summed E-state index contributed by atoms with van der Waals surface area (Å²) in [5.41, 5.74) is 0.650. The second kappa shape index (κ2) is 9.20. The molecule has 2 aliphatic heterocycles. The van der Waals surface area contributed by atoms with Crippen molar-refractivity contribution in [3.63, 3.8) is 0 Å². The summed E-state index contributed by atoms with van der Waals surface area (Å²) in [5, 5.41) is 3.32. The van der Waals surface area contributed by atoms with E-state index >= 15 is 0 Å². The molecule has 148 valence electrons. The molecule has 0 aliphatic carbocycles. The van der Waals surface area contributed by atoms with Gasteiger partial charge in [0.1, 0.15) is 5.82 Å². The second-order valence-electron chi connectivity index (χ2n) is 8.01. The lowest BCUT2D eigenvalue weighted by Gasteiger charge is -2.34. The highest BCUT2D eigenvalue weighted by atomic mass is 16.2. The highest BCUT2D eigenvalue weighted by molar-refractivity contribution is 5.94. The highest BCUT2D eigenvalue weighted by Crippen LogP contribution is 2.22. The summed E-state index contributed by atoms with van der Waals surface area (Å²) in [7, 11) is 0. The van der Waals surface area contributed by atoms with E-state index in [2.05, 4.69) is 24.1 Å². The summed E-state index contributed by atoms with van der Waals surface area (Å²) in [4.78, 5) is 32.8. The number of piperidine rings is 1. The molecule has 0 radical (unpaired) electrons. The van der Waals surface area contributed by atoms with Crippen LogP contribution in [0.5, 0.6) is 0 Å². The van der Waals surface area contributed by atoms with Gasteiger partial charge >= 0.3 is 0 Å². The molecule has 3 heterocycles. The molecule has 27 heavy (non-hydrogen) atoms. The molecule has 0 aromatic carbocycles. The molecular formula is C21H32N4O2. The van der Waals surface area contributed by atoms with Crippen LogP contribution in [0, 0.1) is 11.8 Å². The first-order valence-corrected chi connectivity index (χ1v) is 10.3. The summed E-state index contributed by atoms with van der Waals surface area (Å²) in [6.45, 7) is 8.56. The third kappa shape index (κ3) is 5.21. The van der Waals surface area contributed by atoms with Crippen LogP contribution >= 0.6 is 0 Å². The number of aromatic nitrogens is 1. The van der Waals surface area contributed by atoms with E-state index < -0.39 is 0 Å². The van der Waals surface area contributed by atoms with Crippen LogP contribution in [0.15, 0.2) is 18.3 Å². The van der Waals surface area contributed by atoms with Gasteiger partial charge in [-0.05, 0) is 43.2 Å². The Balaban J connectivity index is 1.46. The van der Waals surface area contributed by atoms with Crippen molar-refractivity contribution in [2.24, 2.45) is 11.8 Å². The molecule has 0 saturated carbocycles. The highest BCUT2D eigenvalue weighted by Gasteiger charge is 2.28. The maximum Gasteiger partial charge on any atom is 0.255 e. The van der Waals surface area contributed by atoms with Crippen molar-refractivity contribution in [2.45, 2.75) is 46.0 Å². The zero-order valence-electron chi connectivity index (χ0n) is 16.6. The third-order valence-electron chi connectivity index (χ3n) is 5.89. The smallest absolute Gasteiger partial charge is 0.255 e. The number of carbonyl (C=O) groups excluding carboxylic acids is 2. The van der Waals surface area contributed by atoms with E-state index in [0.717, 1.165) is 64.2 Å². The maximum atomic E-state index is 12.7. The number of carbonyl (C=O) groups is 2. The fourth-order valence-corrected chi connectivity index (χ4v) is 3.76. The number of rotatable bonds is 7. The number of hydrogen-bond acceptors (Lipinski definition) is 4. The fourth-order valence-electron chi connectivity index (χ4n) is 3.76. The summed E-state index contributed by atoms with van der Waals surface area (Å²) < 4.78 is 0. The van der Waals surface area contributed by atoms with Crippen molar-refractivity contribution in [2.75, 3.05) is 38.0 Å². The normalized spacial score (nSPS) is 19.4. The molecule has 1 atom stereocenters. The molecule has 3 rings (SSSR count). The first-order valence-electron chi connectivity index (χ1n) is 10.3. The van der Waals surface area contributed by atoms with Crippen molar-refractivity contribution in [3.8, 4) is 0 Å². The lowest BCUT2D eigenvalue weighted by Crippen LogP contribution is -2.41. The summed E-state index contributed by atoms with van der Waals surface area (Å²) in [6, 6.07) is 3.75. The quantitative estimate of drug-likeness (QED) is 0.799. The van der Waals surface area contributed by atoms with Gasteiger partial charge in [-0.1, -0.05) is 20.3 Å². The Bertz CT molecular complexity index is 638. The average molecular weight is 373 g/mol. The topological polar surface area (TPSA) is 65.5 Å². The molecule has 2 aliphatic rings. The van der Waals surface area contributed by atoms with Crippen LogP contribution in [-0.2, 0) is 4.79 Å². The Morgan fingerprint density at radius 3 is 2.67 bits per heavy atom. The van der Waals surface area contributed by atoms with Crippen LogP contribution < -0.4 is 5.32 Å². The Labute approximate surface area is 162 Å². The van der Waals surface area contributed by atoms with Crippen LogP contribution in [0.1, 0.15) is 56.3 Å². The van der Waals surface area contributed by atoms with Gasteiger partial charge in [-0.3, -0.25) is 9.59 Å². The van der Waals surface area contributed by atoms with E-state index in [9.17, 15) is 9.59 Å². The number of anilines is 1. The number of nitrogens with one attached hydrogen (secondary N) is 1. The van der Waals surface area contributed by atoms with E-state index in [-0.39, 0.29) is 5.91 Å². The SMILES string of the molecule is CC[C@@H](C)CNc1ccc(C(=O)N2CCC(CN3CCCC3=O)CC2)cn1. The molecule has 0 bridgehead atoms. The van der Waals surface area contributed by atoms with Gasteiger partial charge < -0.3 is 15.1 Å². The number of nitrogens with zero attached hydrogens (tertiary/aromatic N) is 3. The molecule has 1 aromatic heterocycles. The van der Waals surface area contributed by atoms with Gasteiger partial charge in [-0.25, -0.2) is 4.98 Å². The Hall–Kier alpha value is -2.11. The molecule has 0 spiro atoms. The van der Waals surface area contributed by atoms with Crippen molar-refractivity contribution in [1.29, 1.82) is 0 Å². The number of pyridine rings is 1. The second-order valence-corrected chi connectivity index (χ2v) is 8.01. The number of likely N-dealkylation sites (tertiary alicyclic amines) is 2. The van der Waals surface area contributed by atoms with Crippen molar-refractivity contribution in [3.05, 3.63) is 23.9 Å². The Kier molecular flexibility index (Phi) is 6.69. The molecule has 1 aromatic rings. The Morgan fingerprint density at radius 2 is 2.07 bits per heavy atom. The fraction of sp³-hybridized carbons (Fsp3) is 0.667. The maximum absolute atomic E-state index is 12.7. The minimum atomic E-state index is 0.0617. The molecular weight excluding hydrogens is 340 g/mol. The summed E-state index contributed by atoms with van der Waals surface area (Å²) >= 11 is 0. The van der Waals surface area contributed by atoms with Crippen molar-refractivity contribution < 1.29 is 9.59 Å². The van der Waals surface area contributed by atoms with Gasteiger partial charge in [0.05, 0.1) is 5.56 Å². The van der Waals surface area contributed by atoms with Crippen LogP contribution in [-0.4, -0.2) is 59.3 Å². The standard InChI is InChI=1S/C21H32N4O2/c1-3-16(2)13-22-19-7-6-18(14-23-19)21(27)24-11-8-17(9-12-24)15-25-10-4-5-20(25)26/h6-7,14,16-17H,3-5,8-13,15H2,1-2H3,(H,22,23)/t16-/m1/s1. The van der Waals surface area contributed by atoms with Crippen LogP contribution in [0.2, 0.25) is 0 Å². The van der Waals surface area contributed by atoms with E-state index in [1.54, 1.807) is 6.20 Å². The Morgan fingerprint density at radius 1 is 1.30 bits per heavy atom. The van der Waals surface area contributed by atoms with Gasteiger partial charge in [0.2, 0.25) is 5.91 Å². The zero-order valence-corrected chi connectivity index (χ0v) is 16.6. The van der Waals surface area contributed by atoms with E-state index in [0.29, 0.717) is 29.7 Å². The zero-order chi connectivity index (χ0) is 19.2. The van der Waals surface area contributed by atoms with E-state index in [1.165, 1.54) is 0 Å². The monoisotopic (exact) mass is 372 g/mol. The van der Waals surface area contributed by atoms with Crippen molar-refractivity contribution >= 4 is 17.6 Å². The van der Waals surface area contributed by atoms with Crippen LogP contribution in [0.3, 0.4) is 0 Å². The minimum absolute atomic E-state index is 0.0617. The lowest BCUT2D eigenvalue weighted by molar-refractivity contribution is -0.128. The van der Waals surface area contributed by atoms with Crippen LogP contribution in [0.4, 0.5) is 5.82 Å². The van der Waals surface area contributed by atoms with Crippen molar-refractivity contribution in [1.82, 2.24) is 14.8 Å². The third-order valence-corrected chi connectivity index (χ3v) is 5.89. The minimum Gasteiger partial charge on any atom is -0.370 e. The van der Waals surface area contributed by atoms with Gasteiger partial charge in [0.25, 0.3) is 5.91 Å². The first kappa shape index (κ1) is 19.6. The largest absolute Gasteiger partial charge is 0.370 e. The lowest BCUT2D eigenvalue weighted by atomic mass is 9.96. The average Bonchev–Trinajstić information content (AvgIpc) is 3.11. The van der Waals surface area contributed by atoms with Gasteiger partial charge in [0, 0.05) is 45.3 Å². The molecule has 2 saturated heterocycles. The first-order chi connectivity index (χ1) is 13.1. The number of amides is 2. The molecule has 6 nitrogen and oxygen atoms in total. The summed E-state index contributed by atoms with van der Waals surface area (Å²) in [6.07, 6.45) is 6.44. The molecule has 2 fully saturated rings. The number of hydrogen-bond donors (Lipinski definition) is 1. The molecule has 1 N–H and O–H groups in total. The molecule has 2 amide bonds. The predicted molar refractivity (Wildman–Crippen MR) is 107 cm³/mol. The summed E-state index contributed by atoms with van der Waals surface area (Å²) in [5.74, 6) is 2.29. The van der Waals surface area contributed by atoms with Gasteiger partial charge in [-0.2, -0.15) is 0 Å². The van der Waals surface area contributed by atoms with Gasteiger partial charge in [-0.15, -0.1) is 0 Å². The van der Waals surface area contributed by atoms with E-state index in [1.807, 2.05) is 21.9 Å². The van der Waals surface area contributed by atoms with Gasteiger partial charge in [0.15, 0.2) is 0 Å². The predicted octanol–water partition coefficient (Wildman–Crippen LogP) is 3.01. The molecule has 6 heteroatoms. The van der Waals surface area contributed by atoms with E-state index in [4.69, 9.17) is 0 Å². The molecule has 0 unspecified atom stereocenters.